The van der Waals surface area contributed by atoms with Crippen molar-refractivity contribution in [1.29, 1.82) is 5.26 Å². The quantitative estimate of drug-likeness (QED) is 0.388. The summed E-state index contributed by atoms with van der Waals surface area (Å²) < 4.78 is 53.2. The van der Waals surface area contributed by atoms with Gasteiger partial charge < -0.3 is 19.5 Å². The third kappa shape index (κ3) is 4.91. The summed E-state index contributed by atoms with van der Waals surface area (Å²) in [6, 6.07) is 10.5. The number of aryl methyl sites for hydroxylation is 1. The predicted octanol–water partition coefficient (Wildman–Crippen LogP) is 3.93. The van der Waals surface area contributed by atoms with E-state index in [9.17, 15) is 23.2 Å². The SMILES string of the molecule is Cn1c(=O)nc(N2CCOCc3c(C#CC4(C(F)(F)F)CC4)cccc32)c2cc(C#N)c(OCCCO)cc21. The monoisotopic (exact) mass is 538 g/mol. The van der Waals surface area contributed by atoms with Crippen LogP contribution in [0, 0.1) is 28.6 Å². The summed E-state index contributed by atoms with van der Waals surface area (Å²) in [4.78, 5) is 19.0. The van der Waals surface area contributed by atoms with Gasteiger partial charge in [-0.2, -0.15) is 23.4 Å². The molecule has 0 unspecified atom stereocenters. The largest absolute Gasteiger partial charge is 0.492 e. The van der Waals surface area contributed by atoms with Crippen molar-refractivity contribution in [2.24, 2.45) is 12.5 Å². The molecule has 1 aromatic heterocycles. The first-order valence-electron chi connectivity index (χ1n) is 12.4. The number of halogens is 3. The van der Waals surface area contributed by atoms with Gasteiger partial charge in [-0.25, -0.2) is 4.79 Å². The van der Waals surface area contributed by atoms with E-state index >= 15 is 0 Å². The molecule has 5 rings (SSSR count). The number of nitriles is 1. The van der Waals surface area contributed by atoms with Gasteiger partial charge in [0.05, 0.1) is 30.9 Å². The standard InChI is InChI=1S/C28H25F3N4O4/c1-34-23-15-24(39-12-3-11-36)19(16-32)14-20(23)25(33-26(34)37)35-10-13-38-17-21-18(4-2-5-22(21)35)6-7-27(8-9-27)28(29,30)31/h2,4-5,14-15,36H,3,8-13,17H2,1H3. The Kier molecular flexibility index (Phi) is 6.98. The number of anilines is 2. The van der Waals surface area contributed by atoms with Crippen LogP contribution >= 0.6 is 0 Å². The lowest BCUT2D eigenvalue weighted by Gasteiger charge is -2.25. The molecular weight excluding hydrogens is 513 g/mol. The molecule has 0 radical (unpaired) electrons. The zero-order chi connectivity index (χ0) is 27.8. The van der Waals surface area contributed by atoms with Crippen molar-refractivity contribution in [3.05, 3.63) is 57.5 Å². The molecule has 39 heavy (non-hydrogen) atoms. The molecule has 1 N–H and O–H groups in total. The Labute approximate surface area is 222 Å². The van der Waals surface area contributed by atoms with Crippen molar-refractivity contribution in [3.63, 3.8) is 0 Å². The number of fused-ring (bicyclic) bond motifs is 2. The first kappa shape index (κ1) is 26.5. The summed E-state index contributed by atoms with van der Waals surface area (Å²) in [5.41, 5.74) is -0.163. The molecule has 1 fully saturated rings. The van der Waals surface area contributed by atoms with Crippen molar-refractivity contribution in [3.8, 4) is 23.7 Å². The van der Waals surface area contributed by atoms with E-state index in [1.54, 1.807) is 42.3 Å². The van der Waals surface area contributed by atoms with Crippen LogP contribution in [0.5, 0.6) is 5.75 Å². The van der Waals surface area contributed by atoms with E-state index in [0.717, 1.165) is 0 Å². The highest BCUT2D eigenvalue weighted by atomic mass is 19.4. The molecule has 2 heterocycles. The molecule has 1 saturated carbocycles. The Hall–Kier alpha value is -4.06. The van der Waals surface area contributed by atoms with Gasteiger partial charge in [-0.1, -0.05) is 17.9 Å². The summed E-state index contributed by atoms with van der Waals surface area (Å²) in [5, 5.41) is 19.4. The van der Waals surface area contributed by atoms with Crippen LogP contribution in [0.2, 0.25) is 0 Å². The molecule has 2 aromatic carbocycles. The van der Waals surface area contributed by atoms with E-state index in [2.05, 4.69) is 22.9 Å². The Morgan fingerprint density at radius 1 is 1.26 bits per heavy atom. The molecule has 1 aliphatic carbocycles. The van der Waals surface area contributed by atoms with Crippen LogP contribution in [0.25, 0.3) is 10.9 Å². The molecule has 0 bridgehead atoms. The minimum atomic E-state index is -4.39. The first-order valence-corrected chi connectivity index (χ1v) is 12.4. The van der Waals surface area contributed by atoms with Gasteiger partial charge in [0.15, 0.2) is 0 Å². The lowest BCUT2D eigenvalue weighted by molar-refractivity contribution is -0.168. The van der Waals surface area contributed by atoms with E-state index in [0.29, 0.717) is 40.7 Å². The first-order chi connectivity index (χ1) is 18.7. The predicted molar refractivity (Wildman–Crippen MR) is 137 cm³/mol. The maximum Gasteiger partial charge on any atom is 0.405 e. The number of hydrogen-bond donors (Lipinski definition) is 1. The second-order valence-electron chi connectivity index (χ2n) is 9.52. The van der Waals surface area contributed by atoms with E-state index < -0.39 is 17.3 Å². The number of nitrogens with zero attached hydrogens (tertiary/aromatic N) is 4. The molecule has 2 aliphatic rings. The highest BCUT2D eigenvalue weighted by Gasteiger charge is 2.62. The van der Waals surface area contributed by atoms with Gasteiger partial charge in [0.2, 0.25) is 0 Å². The van der Waals surface area contributed by atoms with Crippen molar-refractivity contribution >= 4 is 22.4 Å². The van der Waals surface area contributed by atoms with Gasteiger partial charge in [0.25, 0.3) is 0 Å². The van der Waals surface area contributed by atoms with Crippen LogP contribution in [0.3, 0.4) is 0 Å². The zero-order valence-electron chi connectivity index (χ0n) is 21.1. The minimum absolute atomic E-state index is 0.0166. The molecule has 0 amide bonds. The van der Waals surface area contributed by atoms with E-state index in [1.165, 1.54) is 4.57 Å². The number of alkyl halides is 3. The van der Waals surface area contributed by atoms with Crippen molar-refractivity contribution in [1.82, 2.24) is 9.55 Å². The number of aliphatic hydroxyl groups excluding tert-OH is 1. The summed E-state index contributed by atoms with van der Waals surface area (Å²) in [6.07, 6.45) is -4.04. The smallest absolute Gasteiger partial charge is 0.405 e. The Morgan fingerprint density at radius 2 is 2.05 bits per heavy atom. The second kappa shape index (κ2) is 10.3. The average Bonchev–Trinajstić information content (AvgIpc) is 3.74. The third-order valence-electron chi connectivity index (χ3n) is 7.00. The van der Waals surface area contributed by atoms with Crippen LogP contribution in [0.15, 0.2) is 35.1 Å². The molecule has 1 aliphatic heterocycles. The summed E-state index contributed by atoms with van der Waals surface area (Å²) in [5.74, 6) is 5.77. The topological polar surface area (TPSA) is 101 Å². The number of rotatable bonds is 5. The van der Waals surface area contributed by atoms with Crippen LogP contribution < -0.4 is 15.3 Å². The highest BCUT2D eigenvalue weighted by Crippen LogP contribution is 2.57. The van der Waals surface area contributed by atoms with Crippen molar-refractivity contribution < 1.29 is 27.8 Å². The van der Waals surface area contributed by atoms with Gasteiger partial charge in [-0.05, 0) is 31.0 Å². The van der Waals surface area contributed by atoms with Crippen molar-refractivity contribution in [2.75, 3.05) is 31.3 Å². The fourth-order valence-corrected chi connectivity index (χ4v) is 4.57. The number of aromatic nitrogens is 2. The lowest BCUT2D eigenvalue weighted by Crippen LogP contribution is -2.28. The van der Waals surface area contributed by atoms with Gasteiger partial charge in [0.1, 0.15) is 23.1 Å². The summed E-state index contributed by atoms with van der Waals surface area (Å²) in [7, 11) is 1.56. The molecular formula is C28H25F3N4O4. The summed E-state index contributed by atoms with van der Waals surface area (Å²) >= 11 is 0. The van der Waals surface area contributed by atoms with E-state index in [1.807, 2.05) is 0 Å². The van der Waals surface area contributed by atoms with Crippen LogP contribution in [0.1, 0.15) is 36.0 Å². The van der Waals surface area contributed by atoms with Crippen LogP contribution in [-0.2, 0) is 18.4 Å². The number of hydrogen-bond acceptors (Lipinski definition) is 7. The fourth-order valence-electron chi connectivity index (χ4n) is 4.57. The Balaban J connectivity index is 1.64. The van der Waals surface area contributed by atoms with Gasteiger partial charge in [0, 0.05) is 54.9 Å². The molecule has 11 heteroatoms. The van der Waals surface area contributed by atoms with Crippen LogP contribution in [0.4, 0.5) is 24.7 Å². The third-order valence-corrected chi connectivity index (χ3v) is 7.00. The number of benzene rings is 2. The maximum atomic E-state index is 13.5. The molecule has 0 atom stereocenters. The second-order valence-corrected chi connectivity index (χ2v) is 9.52. The molecule has 8 nitrogen and oxygen atoms in total. The molecule has 3 aromatic rings. The molecule has 0 saturated heterocycles. The Bertz CT molecular complexity index is 1590. The minimum Gasteiger partial charge on any atom is -0.492 e. The van der Waals surface area contributed by atoms with Gasteiger partial charge in [-0.3, -0.25) is 4.57 Å². The highest BCUT2D eigenvalue weighted by molar-refractivity contribution is 5.94. The number of ether oxygens (including phenoxy) is 2. The number of aliphatic hydroxyl groups is 1. The average molecular weight is 539 g/mol. The fraction of sp³-hybridized carbons (Fsp3) is 0.393. The molecule has 202 valence electrons. The maximum absolute atomic E-state index is 13.5. The normalized spacial score (nSPS) is 16.1. The van der Waals surface area contributed by atoms with Crippen LogP contribution in [-0.4, -0.2) is 47.2 Å². The van der Waals surface area contributed by atoms with E-state index in [-0.39, 0.29) is 56.4 Å². The van der Waals surface area contributed by atoms with Crippen molar-refractivity contribution in [2.45, 2.75) is 32.0 Å². The Morgan fingerprint density at radius 3 is 2.74 bits per heavy atom. The zero-order valence-corrected chi connectivity index (χ0v) is 21.1. The molecule has 0 spiro atoms. The van der Waals surface area contributed by atoms with Gasteiger partial charge >= 0.3 is 11.9 Å². The summed E-state index contributed by atoms with van der Waals surface area (Å²) in [6.45, 7) is 0.827. The van der Waals surface area contributed by atoms with Gasteiger partial charge in [-0.15, -0.1) is 0 Å². The lowest BCUT2D eigenvalue weighted by atomic mass is 10.0. The van der Waals surface area contributed by atoms with E-state index in [4.69, 9.17) is 14.6 Å².